The molecule has 0 saturated heterocycles. The minimum absolute atomic E-state index is 0.0627. The van der Waals surface area contributed by atoms with Crippen molar-refractivity contribution in [1.29, 1.82) is 0 Å². The SMILES string of the molecule is CCOC(CON)C(C)=O. The summed E-state index contributed by atoms with van der Waals surface area (Å²) in [5, 5.41) is 0. The fourth-order valence-electron chi connectivity index (χ4n) is 0.571. The second-order valence-corrected chi connectivity index (χ2v) is 1.89. The fraction of sp³-hybridized carbons (Fsp3) is 0.833. The maximum Gasteiger partial charge on any atom is 0.160 e. The maximum atomic E-state index is 10.7. The molecule has 60 valence electrons. The van der Waals surface area contributed by atoms with Crippen LogP contribution < -0.4 is 5.90 Å². The van der Waals surface area contributed by atoms with E-state index in [-0.39, 0.29) is 12.4 Å². The topological polar surface area (TPSA) is 61.6 Å². The van der Waals surface area contributed by atoms with Crippen LogP contribution in [0.1, 0.15) is 13.8 Å². The summed E-state index contributed by atoms with van der Waals surface area (Å²) in [4.78, 5) is 14.9. The highest BCUT2D eigenvalue weighted by Crippen LogP contribution is 1.92. The van der Waals surface area contributed by atoms with Crippen LogP contribution in [0.25, 0.3) is 0 Å². The molecule has 0 amide bonds. The first-order valence-corrected chi connectivity index (χ1v) is 3.16. The van der Waals surface area contributed by atoms with Crippen LogP contribution in [0.4, 0.5) is 0 Å². The van der Waals surface area contributed by atoms with E-state index in [1.165, 1.54) is 6.92 Å². The number of nitrogens with two attached hydrogens (primary N) is 1. The molecule has 0 heterocycles. The smallest absolute Gasteiger partial charge is 0.160 e. The number of ether oxygens (including phenoxy) is 1. The average Bonchev–Trinajstić information content (AvgIpc) is 1.87. The van der Waals surface area contributed by atoms with Crippen molar-refractivity contribution in [3.63, 3.8) is 0 Å². The zero-order chi connectivity index (χ0) is 7.98. The number of ketones is 1. The second-order valence-electron chi connectivity index (χ2n) is 1.89. The largest absolute Gasteiger partial charge is 0.368 e. The number of hydrogen-bond acceptors (Lipinski definition) is 4. The molecule has 0 fully saturated rings. The van der Waals surface area contributed by atoms with E-state index in [0.717, 1.165) is 0 Å². The molecule has 1 unspecified atom stereocenters. The van der Waals surface area contributed by atoms with Gasteiger partial charge < -0.3 is 9.57 Å². The molecule has 0 aliphatic rings. The van der Waals surface area contributed by atoms with E-state index >= 15 is 0 Å². The Labute approximate surface area is 60.2 Å². The quantitative estimate of drug-likeness (QED) is 0.550. The van der Waals surface area contributed by atoms with Crippen LogP contribution in [0.3, 0.4) is 0 Å². The lowest BCUT2D eigenvalue weighted by Gasteiger charge is -2.10. The van der Waals surface area contributed by atoms with Crippen molar-refractivity contribution in [1.82, 2.24) is 0 Å². The summed E-state index contributed by atoms with van der Waals surface area (Å²) in [5.41, 5.74) is 0. The third-order valence-corrected chi connectivity index (χ3v) is 1.07. The second kappa shape index (κ2) is 5.34. The van der Waals surface area contributed by atoms with Crippen molar-refractivity contribution in [2.24, 2.45) is 5.90 Å². The van der Waals surface area contributed by atoms with Crippen LogP contribution in [0.5, 0.6) is 0 Å². The Kier molecular flexibility index (Phi) is 5.10. The Morgan fingerprint density at radius 3 is 2.60 bits per heavy atom. The number of carbonyl (C=O) groups excluding carboxylic acids is 1. The van der Waals surface area contributed by atoms with Crippen LogP contribution in [0.2, 0.25) is 0 Å². The number of rotatable bonds is 5. The molecule has 1 atom stereocenters. The third kappa shape index (κ3) is 3.55. The van der Waals surface area contributed by atoms with Crippen LogP contribution in [-0.4, -0.2) is 25.1 Å². The van der Waals surface area contributed by atoms with E-state index in [1.54, 1.807) is 0 Å². The minimum Gasteiger partial charge on any atom is -0.368 e. The van der Waals surface area contributed by atoms with Gasteiger partial charge in [-0.3, -0.25) is 4.79 Å². The van der Waals surface area contributed by atoms with Gasteiger partial charge in [0.25, 0.3) is 0 Å². The summed E-state index contributed by atoms with van der Waals surface area (Å²) in [6, 6.07) is 0. The summed E-state index contributed by atoms with van der Waals surface area (Å²) >= 11 is 0. The molecule has 4 nitrogen and oxygen atoms in total. The molecule has 4 heteroatoms. The normalized spacial score (nSPS) is 13.1. The average molecular weight is 147 g/mol. The molecule has 0 bridgehead atoms. The summed E-state index contributed by atoms with van der Waals surface area (Å²) < 4.78 is 4.99. The molecule has 0 rings (SSSR count). The first-order chi connectivity index (χ1) is 4.72. The van der Waals surface area contributed by atoms with Crippen molar-refractivity contribution in [2.45, 2.75) is 20.0 Å². The number of carbonyl (C=O) groups is 1. The van der Waals surface area contributed by atoms with Crippen molar-refractivity contribution >= 4 is 5.78 Å². The molecule has 0 aromatic heterocycles. The minimum atomic E-state index is -0.505. The van der Waals surface area contributed by atoms with Gasteiger partial charge in [0, 0.05) is 6.61 Å². The van der Waals surface area contributed by atoms with Gasteiger partial charge in [0.05, 0.1) is 0 Å². The predicted octanol–water partition coefficient (Wildman–Crippen LogP) is -0.129. The maximum absolute atomic E-state index is 10.7. The van der Waals surface area contributed by atoms with Gasteiger partial charge in [0.2, 0.25) is 0 Å². The van der Waals surface area contributed by atoms with E-state index in [1.807, 2.05) is 6.92 Å². The van der Waals surface area contributed by atoms with E-state index in [0.29, 0.717) is 6.61 Å². The molecule has 0 saturated carbocycles. The highest BCUT2D eigenvalue weighted by molar-refractivity contribution is 5.80. The summed E-state index contributed by atoms with van der Waals surface area (Å²) in [5.74, 6) is 4.70. The first kappa shape index (κ1) is 9.55. The van der Waals surface area contributed by atoms with Crippen molar-refractivity contribution in [3.8, 4) is 0 Å². The lowest BCUT2D eigenvalue weighted by molar-refractivity contribution is -0.132. The number of hydrogen-bond donors (Lipinski definition) is 1. The predicted molar refractivity (Wildman–Crippen MR) is 36.2 cm³/mol. The lowest BCUT2D eigenvalue weighted by Crippen LogP contribution is -2.28. The molecule has 0 aliphatic heterocycles. The third-order valence-electron chi connectivity index (χ3n) is 1.07. The van der Waals surface area contributed by atoms with Gasteiger partial charge in [-0.05, 0) is 13.8 Å². The van der Waals surface area contributed by atoms with Gasteiger partial charge >= 0.3 is 0 Å². The van der Waals surface area contributed by atoms with Gasteiger partial charge in [-0.2, -0.15) is 0 Å². The van der Waals surface area contributed by atoms with Crippen LogP contribution in [0.15, 0.2) is 0 Å². The summed E-state index contributed by atoms with van der Waals surface area (Å²) in [7, 11) is 0. The Morgan fingerprint density at radius 1 is 1.70 bits per heavy atom. The molecular weight excluding hydrogens is 134 g/mol. The Morgan fingerprint density at radius 2 is 2.30 bits per heavy atom. The zero-order valence-electron chi connectivity index (χ0n) is 6.29. The van der Waals surface area contributed by atoms with Crippen molar-refractivity contribution in [2.75, 3.05) is 13.2 Å². The zero-order valence-corrected chi connectivity index (χ0v) is 6.29. The highest BCUT2D eigenvalue weighted by atomic mass is 16.6. The highest BCUT2D eigenvalue weighted by Gasteiger charge is 2.12. The van der Waals surface area contributed by atoms with Crippen molar-refractivity contribution < 1.29 is 14.4 Å². The standard InChI is InChI=1S/C6H13NO3/c1-3-9-6(4-10-7)5(2)8/h6H,3-4,7H2,1-2H3. The van der Waals surface area contributed by atoms with E-state index in [2.05, 4.69) is 4.84 Å². The Balaban J connectivity index is 3.61. The lowest BCUT2D eigenvalue weighted by atomic mass is 10.3. The molecule has 0 aromatic carbocycles. The van der Waals surface area contributed by atoms with Gasteiger partial charge in [-0.15, -0.1) is 0 Å². The van der Waals surface area contributed by atoms with E-state index in [9.17, 15) is 4.79 Å². The Bertz CT molecular complexity index is 99.2. The van der Waals surface area contributed by atoms with Crippen LogP contribution in [-0.2, 0) is 14.4 Å². The van der Waals surface area contributed by atoms with Crippen molar-refractivity contribution in [3.05, 3.63) is 0 Å². The summed E-state index contributed by atoms with van der Waals surface area (Å²) in [6.45, 7) is 3.88. The molecule has 0 aliphatic carbocycles. The monoisotopic (exact) mass is 147 g/mol. The van der Waals surface area contributed by atoms with E-state index in [4.69, 9.17) is 10.6 Å². The van der Waals surface area contributed by atoms with E-state index < -0.39 is 6.10 Å². The summed E-state index contributed by atoms with van der Waals surface area (Å²) in [6.07, 6.45) is -0.505. The van der Waals surface area contributed by atoms with Crippen LogP contribution in [0, 0.1) is 0 Å². The van der Waals surface area contributed by atoms with Crippen LogP contribution >= 0.6 is 0 Å². The molecule has 2 N–H and O–H groups in total. The molecule has 10 heavy (non-hydrogen) atoms. The molecule has 0 spiro atoms. The fourth-order valence-corrected chi connectivity index (χ4v) is 0.571. The van der Waals surface area contributed by atoms with Gasteiger partial charge in [0.15, 0.2) is 5.78 Å². The molecule has 0 aromatic rings. The Hall–Kier alpha value is -0.450. The molecular formula is C6H13NO3. The first-order valence-electron chi connectivity index (χ1n) is 3.16. The molecule has 0 radical (unpaired) electrons. The van der Waals surface area contributed by atoms with Gasteiger partial charge in [-0.1, -0.05) is 0 Å². The number of Topliss-reactive ketones (excluding diaryl/α,β-unsaturated/α-hetero) is 1. The van der Waals surface area contributed by atoms with Gasteiger partial charge in [0.1, 0.15) is 12.7 Å². The van der Waals surface area contributed by atoms with Gasteiger partial charge in [-0.25, -0.2) is 5.90 Å².